The number of nitrogens with two attached hydrogens (primary N) is 1. The number of hydrogen-bond acceptors (Lipinski definition) is 5. The molecule has 19 heavy (non-hydrogen) atoms. The van der Waals surface area contributed by atoms with Crippen LogP contribution in [0.4, 0.5) is 0 Å². The Balaban J connectivity index is 2.64. The third-order valence-electron chi connectivity index (χ3n) is 2.68. The summed E-state index contributed by atoms with van der Waals surface area (Å²) in [6, 6.07) is 7.43. The highest BCUT2D eigenvalue weighted by Crippen LogP contribution is 2.11. The SMILES string of the molecule is CSCC(C)(O)CNCc1ccccc1/C(N)=N/O. The normalized spacial score (nSPS) is 15.2. The van der Waals surface area contributed by atoms with E-state index in [0.717, 1.165) is 5.56 Å². The molecule has 0 saturated carbocycles. The molecule has 0 amide bonds. The molecule has 1 atom stereocenters. The Bertz CT molecular complexity index is 436. The van der Waals surface area contributed by atoms with Crippen LogP contribution in [-0.2, 0) is 6.54 Å². The lowest BCUT2D eigenvalue weighted by atomic mass is 10.1. The molecule has 5 nitrogen and oxygen atoms in total. The second-order valence-electron chi connectivity index (χ2n) is 4.68. The third kappa shape index (κ3) is 5.10. The standard InChI is InChI=1S/C13H21N3O2S/c1-13(17,9-19-2)8-15-7-10-5-3-4-6-11(10)12(14)16-18/h3-6,15,17-18H,7-9H2,1-2H3,(H2,14,16). The minimum absolute atomic E-state index is 0.0910. The van der Waals surface area contributed by atoms with Gasteiger partial charge in [-0.25, -0.2) is 0 Å². The first-order valence-electron chi connectivity index (χ1n) is 5.98. The van der Waals surface area contributed by atoms with Crippen LogP contribution in [0.15, 0.2) is 29.4 Å². The summed E-state index contributed by atoms with van der Waals surface area (Å²) < 4.78 is 0. The lowest BCUT2D eigenvalue weighted by Crippen LogP contribution is -2.39. The first kappa shape index (κ1) is 15.8. The van der Waals surface area contributed by atoms with Crippen molar-refractivity contribution in [2.75, 3.05) is 18.6 Å². The molecule has 0 aliphatic rings. The van der Waals surface area contributed by atoms with E-state index >= 15 is 0 Å². The fraction of sp³-hybridized carbons (Fsp3) is 0.462. The van der Waals surface area contributed by atoms with Gasteiger partial charge >= 0.3 is 0 Å². The van der Waals surface area contributed by atoms with Crippen LogP contribution in [0.1, 0.15) is 18.1 Å². The van der Waals surface area contributed by atoms with Gasteiger partial charge in [-0.05, 0) is 18.7 Å². The van der Waals surface area contributed by atoms with E-state index in [1.807, 2.05) is 24.5 Å². The van der Waals surface area contributed by atoms with E-state index in [1.165, 1.54) is 0 Å². The summed E-state index contributed by atoms with van der Waals surface area (Å²) >= 11 is 1.60. The largest absolute Gasteiger partial charge is 0.409 e. The first-order valence-corrected chi connectivity index (χ1v) is 7.37. The number of amidine groups is 1. The van der Waals surface area contributed by atoms with Crippen molar-refractivity contribution in [3.05, 3.63) is 35.4 Å². The Kier molecular flexibility index (Phi) is 6.14. The van der Waals surface area contributed by atoms with Gasteiger partial charge in [0.2, 0.25) is 0 Å². The van der Waals surface area contributed by atoms with Crippen LogP contribution in [0, 0.1) is 0 Å². The molecule has 0 aromatic heterocycles. The number of nitrogens with zero attached hydrogens (tertiary/aromatic N) is 1. The Morgan fingerprint density at radius 1 is 1.47 bits per heavy atom. The molecule has 0 spiro atoms. The quantitative estimate of drug-likeness (QED) is 0.259. The number of thioether (sulfide) groups is 1. The van der Waals surface area contributed by atoms with E-state index in [1.54, 1.807) is 24.8 Å². The summed E-state index contributed by atoms with van der Waals surface area (Å²) in [5, 5.41) is 25.0. The molecule has 0 heterocycles. The molecule has 1 aromatic carbocycles. The summed E-state index contributed by atoms with van der Waals surface area (Å²) in [5.74, 6) is 0.760. The van der Waals surface area contributed by atoms with Gasteiger partial charge in [-0.3, -0.25) is 0 Å². The summed E-state index contributed by atoms with van der Waals surface area (Å²) in [4.78, 5) is 0. The van der Waals surface area contributed by atoms with Crippen molar-refractivity contribution in [3.8, 4) is 0 Å². The Hall–Kier alpha value is -1.24. The van der Waals surface area contributed by atoms with Gasteiger partial charge < -0.3 is 21.4 Å². The zero-order valence-electron chi connectivity index (χ0n) is 11.3. The number of aliphatic hydroxyl groups is 1. The van der Waals surface area contributed by atoms with Crippen molar-refractivity contribution >= 4 is 17.6 Å². The molecule has 6 heteroatoms. The van der Waals surface area contributed by atoms with Crippen LogP contribution in [-0.4, -0.2) is 40.3 Å². The van der Waals surface area contributed by atoms with Gasteiger partial charge in [0.1, 0.15) is 0 Å². The molecule has 0 saturated heterocycles. The fourth-order valence-electron chi connectivity index (χ4n) is 1.81. The summed E-state index contributed by atoms with van der Waals surface area (Å²) in [6.45, 7) is 2.83. The van der Waals surface area contributed by atoms with Crippen LogP contribution in [0.2, 0.25) is 0 Å². The predicted octanol–water partition coefficient (Wildman–Crippen LogP) is 0.985. The number of oxime groups is 1. The molecule has 0 aliphatic heterocycles. The maximum Gasteiger partial charge on any atom is 0.170 e. The van der Waals surface area contributed by atoms with Gasteiger partial charge in [0, 0.05) is 24.4 Å². The number of rotatable bonds is 7. The summed E-state index contributed by atoms with van der Waals surface area (Å²) in [6.07, 6.45) is 1.96. The molecule has 5 N–H and O–H groups in total. The topological polar surface area (TPSA) is 90.9 Å². The molecule has 0 aliphatic carbocycles. The van der Waals surface area contributed by atoms with E-state index < -0.39 is 5.60 Å². The summed E-state index contributed by atoms with van der Waals surface area (Å²) in [7, 11) is 0. The summed E-state index contributed by atoms with van der Waals surface area (Å²) in [5.41, 5.74) is 6.50. The van der Waals surface area contributed by atoms with E-state index in [-0.39, 0.29) is 5.84 Å². The molecule has 106 valence electrons. The second kappa shape index (κ2) is 7.37. The predicted molar refractivity (Wildman–Crippen MR) is 79.7 cm³/mol. The fourth-order valence-corrected chi connectivity index (χ4v) is 2.53. The number of nitrogens with one attached hydrogen (secondary N) is 1. The van der Waals surface area contributed by atoms with Gasteiger partial charge in [0.05, 0.1) is 5.60 Å². The zero-order valence-corrected chi connectivity index (χ0v) is 12.1. The molecule has 1 aromatic rings. The lowest BCUT2D eigenvalue weighted by Gasteiger charge is -2.23. The monoisotopic (exact) mass is 283 g/mol. The average Bonchev–Trinajstić information content (AvgIpc) is 2.38. The van der Waals surface area contributed by atoms with Gasteiger partial charge in [0.25, 0.3) is 0 Å². The Labute approximate surface area is 117 Å². The minimum atomic E-state index is -0.745. The van der Waals surface area contributed by atoms with Gasteiger partial charge in [-0.2, -0.15) is 11.8 Å². The van der Waals surface area contributed by atoms with E-state index in [9.17, 15) is 5.11 Å². The van der Waals surface area contributed by atoms with E-state index in [4.69, 9.17) is 10.9 Å². The smallest absolute Gasteiger partial charge is 0.170 e. The van der Waals surface area contributed by atoms with Crippen molar-refractivity contribution in [3.63, 3.8) is 0 Å². The van der Waals surface area contributed by atoms with Crippen LogP contribution in [0.25, 0.3) is 0 Å². The van der Waals surface area contributed by atoms with Gasteiger partial charge in [-0.15, -0.1) is 0 Å². The van der Waals surface area contributed by atoms with Crippen LogP contribution < -0.4 is 11.1 Å². The molecule has 1 rings (SSSR count). The lowest BCUT2D eigenvalue weighted by molar-refractivity contribution is 0.0846. The molecule has 0 bridgehead atoms. The zero-order chi connectivity index (χ0) is 14.3. The molecular weight excluding hydrogens is 262 g/mol. The number of benzene rings is 1. The minimum Gasteiger partial charge on any atom is -0.409 e. The van der Waals surface area contributed by atoms with Crippen molar-refractivity contribution in [1.82, 2.24) is 5.32 Å². The maximum absolute atomic E-state index is 10.0. The molecular formula is C13H21N3O2S. The Morgan fingerprint density at radius 3 is 2.79 bits per heavy atom. The van der Waals surface area contributed by atoms with Crippen molar-refractivity contribution in [1.29, 1.82) is 0 Å². The highest BCUT2D eigenvalue weighted by Gasteiger charge is 2.18. The van der Waals surface area contributed by atoms with Gasteiger partial charge in [-0.1, -0.05) is 29.4 Å². The van der Waals surface area contributed by atoms with Crippen LogP contribution in [0.5, 0.6) is 0 Å². The van der Waals surface area contributed by atoms with E-state index in [0.29, 0.717) is 24.4 Å². The first-order chi connectivity index (χ1) is 9.00. The van der Waals surface area contributed by atoms with Crippen molar-refractivity contribution in [2.24, 2.45) is 10.9 Å². The van der Waals surface area contributed by atoms with E-state index in [2.05, 4.69) is 10.5 Å². The highest BCUT2D eigenvalue weighted by molar-refractivity contribution is 7.98. The second-order valence-corrected chi connectivity index (χ2v) is 5.54. The average molecular weight is 283 g/mol. The van der Waals surface area contributed by atoms with Gasteiger partial charge in [0.15, 0.2) is 5.84 Å². The number of hydrogen-bond donors (Lipinski definition) is 4. The molecule has 1 unspecified atom stereocenters. The molecule has 0 fully saturated rings. The van der Waals surface area contributed by atoms with Crippen molar-refractivity contribution in [2.45, 2.75) is 19.1 Å². The maximum atomic E-state index is 10.0. The Morgan fingerprint density at radius 2 is 2.16 bits per heavy atom. The van der Waals surface area contributed by atoms with Crippen LogP contribution >= 0.6 is 11.8 Å². The molecule has 0 radical (unpaired) electrons. The van der Waals surface area contributed by atoms with Crippen LogP contribution in [0.3, 0.4) is 0 Å². The third-order valence-corrected chi connectivity index (χ3v) is 3.59. The van der Waals surface area contributed by atoms with Crippen molar-refractivity contribution < 1.29 is 10.3 Å². The highest BCUT2D eigenvalue weighted by atomic mass is 32.2.